The molecule has 18 heavy (non-hydrogen) atoms. The molecular formula is C13H16INO3. The largest absolute Gasteiger partial charge is 0.478 e. The average molecular weight is 361 g/mol. The van der Waals surface area contributed by atoms with Crippen molar-refractivity contribution in [2.24, 2.45) is 5.41 Å². The average Bonchev–Trinajstić information content (AvgIpc) is 2.18. The second-order valence-corrected chi connectivity index (χ2v) is 6.45. The van der Waals surface area contributed by atoms with Crippen molar-refractivity contribution < 1.29 is 14.7 Å². The molecule has 4 nitrogen and oxygen atoms in total. The van der Waals surface area contributed by atoms with Crippen molar-refractivity contribution >= 4 is 40.2 Å². The molecular weight excluding hydrogens is 345 g/mol. The van der Waals surface area contributed by atoms with Crippen LogP contribution in [0.5, 0.6) is 0 Å². The molecule has 0 fully saturated rings. The van der Waals surface area contributed by atoms with Gasteiger partial charge in [-0.15, -0.1) is 0 Å². The Morgan fingerprint density at radius 3 is 2.44 bits per heavy atom. The first-order chi connectivity index (χ1) is 8.19. The zero-order valence-electron chi connectivity index (χ0n) is 10.6. The predicted octanol–water partition coefficient (Wildman–Crippen LogP) is 3.36. The Bertz CT molecular complexity index is 478. The zero-order chi connectivity index (χ0) is 13.9. The number of rotatable bonds is 3. The molecule has 1 aromatic rings. The second-order valence-electron chi connectivity index (χ2n) is 5.29. The van der Waals surface area contributed by atoms with E-state index in [4.69, 9.17) is 5.11 Å². The molecule has 0 unspecified atom stereocenters. The summed E-state index contributed by atoms with van der Waals surface area (Å²) < 4.78 is 0.819. The van der Waals surface area contributed by atoms with Gasteiger partial charge in [-0.1, -0.05) is 20.8 Å². The van der Waals surface area contributed by atoms with Crippen LogP contribution in [0.1, 0.15) is 37.6 Å². The van der Waals surface area contributed by atoms with Gasteiger partial charge >= 0.3 is 5.97 Å². The van der Waals surface area contributed by atoms with Gasteiger partial charge in [0.1, 0.15) is 0 Å². The van der Waals surface area contributed by atoms with E-state index in [0.29, 0.717) is 12.1 Å². The maximum atomic E-state index is 11.8. The summed E-state index contributed by atoms with van der Waals surface area (Å²) in [6.07, 6.45) is 0.389. The van der Waals surface area contributed by atoms with Gasteiger partial charge < -0.3 is 10.4 Å². The highest BCUT2D eigenvalue weighted by atomic mass is 127. The number of nitrogens with one attached hydrogen (secondary N) is 1. The highest BCUT2D eigenvalue weighted by Crippen LogP contribution is 2.23. The molecule has 0 saturated heterocycles. The fourth-order valence-electron chi connectivity index (χ4n) is 1.43. The molecule has 0 bridgehead atoms. The molecule has 1 amide bonds. The second kappa shape index (κ2) is 5.69. The van der Waals surface area contributed by atoms with Gasteiger partial charge in [0.15, 0.2) is 0 Å². The number of carbonyl (C=O) groups excluding carboxylic acids is 1. The van der Waals surface area contributed by atoms with E-state index in [-0.39, 0.29) is 16.9 Å². The Hall–Kier alpha value is -1.11. The molecule has 5 heteroatoms. The summed E-state index contributed by atoms with van der Waals surface area (Å²) >= 11 is 2.06. The van der Waals surface area contributed by atoms with Crippen molar-refractivity contribution in [1.82, 2.24) is 0 Å². The monoisotopic (exact) mass is 361 g/mol. The van der Waals surface area contributed by atoms with E-state index in [1.165, 1.54) is 12.1 Å². The fourth-order valence-corrected chi connectivity index (χ4v) is 1.90. The van der Waals surface area contributed by atoms with Crippen LogP contribution >= 0.6 is 22.6 Å². The number of carboxylic acids is 1. The quantitative estimate of drug-likeness (QED) is 0.812. The Balaban J connectivity index is 2.87. The first kappa shape index (κ1) is 14.9. The minimum atomic E-state index is -1.00. The normalized spacial score (nSPS) is 11.1. The topological polar surface area (TPSA) is 66.4 Å². The fraction of sp³-hybridized carbons (Fsp3) is 0.385. The van der Waals surface area contributed by atoms with Crippen LogP contribution in [0.25, 0.3) is 0 Å². The van der Waals surface area contributed by atoms with E-state index >= 15 is 0 Å². The van der Waals surface area contributed by atoms with Crippen LogP contribution in [0.3, 0.4) is 0 Å². The summed E-state index contributed by atoms with van der Waals surface area (Å²) in [6.45, 7) is 5.93. The van der Waals surface area contributed by atoms with E-state index in [1.807, 2.05) is 20.8 Å². The molecule has 0 aromatic heterocycles. The summed E-state index contributed by atoms with van der Waals surface area (Å²) in [7, 11) is 0. The van der Waals surface area contributed by atoms with Crippen molar-refractivity contribution in [2.75, 3.05) is 5.32 Å². The number of benzene rings is 1. The highest BCUT2D eigenvalue weighted by Gasteiger charge is 2.17. The van der Waals surface area contributed by atoms with Crippen molar-refractivity contribution in [1.29, 1.82) is 0 Å². The van der Waals surface area contributed by atoms with Crippen LogP contribution in [-0.2, 0) is 4.79 Å². The number of carboxylic acid groups (broad SMARTS) is 1. The predicted molar refractivity (Wildman–Crippen MR) is 78.8 cm³/mol. The van der Waals surface area contributed by atoms with Gasteiger partial charge in [-0.3, -0.25) is 4.79 Å². The Kier molecular flexibility index (Phi) is 4.72. The molecule has 98 valence electrons. The first-order valence-electron chi connectivity index (χ1n) is 5.52. The Labute approximate surface area is 120 Å². The maximum Gasteiger partial charge on any atom is 0.335 e. The third-order valence-corrected chi connectivity index (χ3v) is 3.12. The van der Waals surface area contributed by atoms with Crippen LogP contribution in [0.2, 0.25) is 0 Å². The maximum absolute atomic E-state index is 11.8. The Morgan fingerprint density at radius 2 is 1.94 bits per heavy atom. The Morgan fingerprint density at radius 1 is 1.33 bits per heavy atom. The summed E-state index contributed by atoms with van der Waals surface area (Å²) in [5, 5.41) is 11.7. The van der Waals surface area contributed by atoms with Gasteiger partial charge in [0.25, 0.3) is 0 Å². The van der Waals surface area contributed by atoms with Crippen LogP contribution in [0, 0.1) is 8.99 Å². The lowest BCUT2D eigenvalue weighted by molar-refractivity contribution is -0.117. The molecule has 1 rings (SSSR count). The number of anilines is 1. The van der Waals surface area contributed by atoms with Gasteiger partial charge in [-0.05, 0) is 46.2 Å². The van der Waals surface area contributed by atoms with Gasteiger partial charge in [-0.25, -0.2) is 4.79 Å². The standard InChI is InChI=1S/C13H16INO3/c1-13(2,3)7-11(16)15-10-6-8(12(17)18)4-5-9(10)14/h4-6H,7H2,1-3H3,(H,15,16)(H,17,18). The number of amides is 1. The van der Waals surface area contributed by atoms with Crippen LogP contribution < -0.4 is 5.32 Å². The van der Waals surface area contributed by atoms with Gasteiger partial charge in [0.05, 0.1) is 11.3 Å². The SMILES string of the molecule is CC(C)(C)CC(=O)Nc1cc(C(=O)O)ccc1I. The van der Waals surface area contributed by atoms with Crippen molar-refractivity contribution in [3.63, 3.8) is 0 Å². The van der Waals surface area contributed by atoms with Crippen molar-refractivity contribution in [2.45, 2.75) is 27.2 Å². The van der Waals surface area contributed by atoms with Crippen LogP contribution in [0.15, 0.2) is 18.2 Å². The number of hydrogen-bond donors (Lipinski definition) is 2. The smallest absolute Gasteiger partial charge is 0.335 e. The number of aromatic carboxylic acids is 1. The van der Waals surface area contributed by atoms with Crippen LogP contribution in [0.4, 0.5) is 5.69 Å². The van der Waals surface area contributed by atoms with E-state index in [1.54, 1.807) is 6.07 Å². The van der Waals surface area contributed by atoms with E-state index in [0.717, 1.165) is 3.57 Å². The molecule has 0 radical (unpaired) electrons. The number of halogens is 1. The molecule has 0 aliphatic rings. The van der Waals surface area contributed by atoms with Gasteiger partial charge in [0, 0.05) is 9.99 Å². The summed E-state index contributed by atoms with van der Waals surface area (Å²) in [4.78, 5) is 22.7. The molecule has 0 spiro atoms. The molecule has 0 heterocycles. The summed E-state index contributed by atoms with van der Waals surface area (Å²) in [6, 6.07) is 4.67. The molecule has 1 aromatic carbocycles. The molecule has 2 N–H and O–H groups in total. The van der Waals surface area contributed by atoms with Crippen LogP contribution in [-0.4, -0.2) is 17.0 Å². The minimum absolute atomic E-state index is 0.0973. The highest BCUT2D eigenvalue weighted by molar-refractivity contribution is 14.1. The third kappa shape index (κ3) is 4.64. The molecule has 0 aliphatic carbocycles. The van der Waals surface area contributed by atoms with E-state index in [2.05, 4.69) is 27.9 Å². The molecule has 0 saturated carbocycles. The zero-order valence-corrected chi connectivity index (χ0v) is 12.7. The third-order valence-electron chi connectivity index (χ3n) is 2.18. The summed E-state index contributed by atoms with van der Waals surface area (Å²) in [5.74, 6) is -1.11. The lowest BCUT2D eigenvalue weighted by Crippen LogP contribution is -2.20. The first-order valence-corrected chi connectivity index (χ1v) is 6.59. The van der Waals surface area contributed by atoms with Gasteiger partial charge in [0.2, 0.25) is 5.91 Å². The van der Waals surface area contributed by atoms with E-state index in [9.17, 15) is 9.59 Å². The van der Waals surface area contributed by atoms with E-state index < -0.39 is 5.97 Å². The van der Waals surface area contributed by atoms with Crippen molar-refractivity contribution in [3.05, 3.63) is 27.3 Å². The molecule has 0 aliphatic heterocycles. The number of carbonyl (C=O) groups is 2. The van der Waals surface area contributed by atoms with Crippen molar-refractivity contribution in [3.8, 4) is 0 Å². The lowest BCUT2D eigenvalue weighted by atomic mass is 9.92. The van der Waals surface area contributed by atoms with Gasteiger partial charge in [-0.2, -0.15) is 0 Å². The number of hydrogen-bond acceptors (Lipinski definition) is 2. The lowest BCUT2D eigenvalue weighted by Gasteiger charge is -2.17. The molecule has 0 atom stereocenters. The minimum Gasteiger partial charge on any atom is -0.478 e. The summed E-state index contributed by atoms with van der Waals surface area (Å²) in [5.41, 5.74) is 0.617.